The minimum Gasteiger partial charge on any atom is -0.338 e. The molecule has 1 unspecified atom stereocenters. The summed E-state index contributed by atoms with van der Waals surface area (Å²) in [6, 6.07) is 2.53. The Labute approximate surface area is 122 Å². The molecule has 0 amide bonds. The largest absolute Gasteiger partial charge is 0.338 e. The molecule has 1 atom stereocenters. The highest BCUT2D eigenvalue weighted by Crippen LogP contribution is 2.19. The second kappa shape index (κ2) is 6.47. The Morgan fingerprint density at radius 2 is 2.47 bits per heavy atom. The van der Waals surface area contributed by atoms with Gasteiger partial charge in [-0.1, -0.05) is 5.16 Å². The van der Waals surface area contributed by atoms with Crippen molar-refractivity contribution in [3.63, 3.8) is 0 Å². The van der Waals surface area contributed by atoms with Crippen molar-refractivity contribution in [3.8, 4) is 11.4 Å². The Balaban J connectivity index is 0.00000133. The molecular formula is C12H17ClN4OS. The summed E-state index contributed by atoms with van der Waals surface area (Å²) in [4.78, 5) is 6.78. The topological polar surface area (TPSA) is 54.2 Å². The summed E-state index contributed by atoms with van der Waals surface area (Å²) in [5.41, 5.74) is 1.03. The van der Waals surface area contributed by atoms with Gasteiger partial charge in [0.1, 0.15) is 0 Å². The minimum absolute atomic E-state index is 0. The summed E-state index contributed by atoms with van der Waals surface area (Å²) in [6.07, 6.45) is 0. The van der Waals surface area contributed by atoms with Gasteiger partial charge in [0.2, 0.25) is 11.7 Å². The molecule has 0 bridgehead atoms. The molecular weight excluding hydrogens is 284 g/mol. The van der Waals surface area contributed by atoms with Crippen molar-refractivity contribution >= 4 is 23.7 Å². The molecule has 19 heavy (non-hydrogen) atoms. The number of halogens is 1. The Bertz CT molecular complexity index is 502. The van der Waals surface area contributed by atoms with Crippen LogP contribution in [-0.4, -0.2) is 40.7 Å². The van der Waals surface area contributed by atoms with E-state index in [0.717, 1.165) is 31.7 Å². The molecule has 0 radical (unpaired) electrons. The molecule has 3 rings (SSSR count). The van der Waals surface area contributed by atoms with E-state index >= 15 is 0 Å². The first kappa shape index (κ1) is 14.5. The zero-order valence-corrected chi connectivity index (χ0v) is 12.3. The molecule has 1 fully saturated rings. The number of nitrogens with zero attached hydrogens (tertiary/aromatic N) is 3. The molecule has 1 aliphatic rings. The van der Waals surface area contributed by atoms with Crippen LogP contribution in [0.3, 0.4) is 0 Å². The third-order valence-corrected chi connectivity index (χ3v) is 3.74. The molecule has 0 aliphatic carbocycles. The van der Waals surface area contributed by atoms with Crippen LogP contribution in [0, 0.1) is 0 Å². The summed E-state index contributed by atoms with van der Waals surface area (Å²) >= 11 is 1.64. The van der Waals surface area contributed by atoms with E-state index in [4.69, 9.17) is 4.52 Å². The minimum atomic E-state index is 0. The normalized spacial score (nSPS) is 20.2. The van der Waals surface area contributed by atoms with Crippen LogP contribution in [0.1, 0.15) is 12.8 Å². The van der Waals surface area contributed by atoms with Gasteiger partial charge in [-0.2, -0.15) is 16.3 Å². The van der Waals surface area contributed by atoms with Crippen LogP contribution in [-0.2, 0) is 6.54 Å². The fourth-order valence-electron chi connectivity index (χ4n) is 2.18. The van der Waals surface area contributed by atoms with Crippen molar-refractivity contribution in [2.75, 3.05) is 19.6 Å². The van der Waals surface area contributed by atoms with Crippen molar-refractivity contribution in [1.29, 1.82) is 0 Å². The molecule has 7 heteroatoms. The number of nitrogens with one attached hydrogen (secondary N) is 1. The zero-order valence-electron chi connectivity index (χ0n) is 10.7. The number of thiophene rings is 1. The molecule has 3 heterocycles. The highest BCUT2D eigenvalue weighted by atomic mass is 35.5. The quantitative estimate of drug-likeness (QED) is 0.940. The average molecular weight is 301 g/mol. The maximum atomic E-state index is 5.31. The van der Waals surface area contributed by atoms with Crippen LogP contribution in [0.2, 0.25) is 0 Å². The van der Waals surface area contributed by atoms with Crippen molar-refractivity contribution < 1.29 is 4.52 Å². The van der Waals surface area contributed by atoms with Crippen LogP contribution in [0.25, 0.3) is 11.4 Å². The maximum Gasteiger partial charge on any atom is 0.241 e. The van der Waals surface area contributed by atoms with Crippen LogP contribution < -0.4 is 5.32 Å². The standard InChI is InChI=1S/C12H16N4OS.ClH/c1-9-6-16(4-3-13-9)7-11-14-12(15-17-11)10-2-5-18-8-10;/h2,5,8-9,13H,3-4,6-7H2,1H3;1H. The van der Waals surface area contributed by atoms with E-state index < -0.39 is 0 Å². The molecule has 2 aromatic heterocycles. The SMILES string of the molecule is CC1CN(Cc2nc(-c3ccsc3)no2)CCN1.Cl. The molecule has 0 saturated carbocycles. The summed E-state index contributed by atoms with van der Waals surface area (Å²) in [5.74, 6) is 1.39. The number of piperazine rings is 1. The van der Waals surface area contributed by atoms with E-state index in [1.54, 1.807) is 11.3 Å². The van der Waals surface area contributed by atoms with Crippen molar-refractivity contribution in [3.05, 3.63) is 22.7 Å². The number of rotatable bonds is 3. The summed E-state index contributed by atoms with van der Waals surface area (Å²) < 4.78 is 5.31. The van der Waals surface area contributed by atoms with Crippen LogP contribution in [0.4, 0.5) is 0 Å². The van der Waals surface area contributed by atoms with E-state index in [1.165, 1.54) is 0 Å². The van der Waals surface area contributed by atoms with E-state index in [9.17, 15) is 0 Å². The predicted molar refractivity (Wildman–Crippen MR) is 77.6 cm³/mol. The van der Waals surface area contributed by atoms with Gasteiger partial charge in [0.25, 0.3) is 0 Å². The first-order chi connectivity index (χ1) is 8.81. The number of hydrogen-bond acceptors (Lipinski definition) is 6. The fourth-order valence-corrected chi connectivity index (χ4v) is 2.81. The second-order valence-corrected chi connectivity index (χ2v) is 5.39. The van der Waals surface area contributed by atoms with Gasteiger partial charge in [-0.15, -0.1) is 12.4 Å². The maximum absolute atomic E-state index is 5.31. The molecule has 0 spiro atoms. The summed E-state index contributed by atoms with van der Waals surface area (Å²) in [7, 11) is 0. The van der Waals surface area contributed by atoms with Gasteiger partial charge in [-0.3, -0.25) is 4.90 Å². The van der Waals surface area contributed by atoms with Crippen LogP contribution in [0.5, 0.6) is 0 Å². The third-order valence-electron chi connectivity index (χ3n) is 3.06. The van der Waals surface area contributed by atoms with Crippen molar-refractivity contribution in [2.24, 2.45) is 0 Å². The van der Waals surface area contributed by atoms with E-state index in [-0.39, 0.29) is 12.4 Å². The summed E-state index contributed by atoms with van der Waals surface area (Å²) in [5, 5.41) is 11.5. The highest BCUT2D eigenvalue weighted by molar-refractivity contribution is 7.08. The molecule has 5 nitrogen and oxygen atoms in total. The Morgan fingerprint density at radius 3 is 3.21 bits per heavy atom. The lowest BCUT2D eigenvalue weighted by molar-refractivity contribution is 0.177. The molecule has 1 N–H and O–H groups in total. The lowest BCUT2D eigenvalue weighted by atomic mass is 10.2. The first-order valence-corrected chi connectivity index (χ1v) is 7.06. The zero-order chi connectivity index (χ0) is 12.4. The Kier molecular flexibility index (Phi) is 4.93. The van der Waals surface area contributed by atoms with E-state index in [0.29, 0.717) is 17.8 Å². The fraction of sp³-hybridized carbons (Fsp3) is 0.500. The van der Waals surface area contributed by atoms with Gasteiger partial charge in [0.05, 0.1) is 6.54 Å². The predicted octanol–water partition coefficient (Wildman–Crippen LogP) is 2.01. The lowest BCUT2D eigenvalue weighted by Gasteiger charge is -2.30. The van der Waals surface area contributed by atoms with Crippen LogP contribution >= 0.6 is 23.7 Å². The van der Waals surface area contributed by atoms with Gasteiger partial charge in [-0.25, -0.2) is 0 Å². The van der Waals surface area contributed by atoms with Gasteiger partial charge in [0.15, 0.2) is 0 Å². The van der Waals surface area contributed by atoms with E-state index in [1.807, 2.05) is 16.8 Å². The van der Waals surface area contributed by atoms with Gasteiger partial charge in [0, 0.05) is 36.6 Å². The summed E-state index contributed by atoms with van der Waals surface area (Å²) in [6.45, 7) is 6.00. The molecule has 1 aliphatic heterocycles. The Hall–Kier alpha value is -0.950. The lowest BCUT2D eigenvalue weighted by Crippen LogP contribution is -2.48. The first-order valence-electron chi connectivity index (χ1n) is 6.12. The van der Waals surface area contributed by atoms with Gasteiger partial charge >= 0.3 is 0 Å². The molecule has 0 aromatic carbocycles. The third kappa shape index (κ3) is 3.54. The number of hydrogen-bond donors (Lipinski definition) is 1. The number of aromatic nitrogens is 2. The van der Waals surface area contributed by atoms with Crippen molar-refractivity contribution in [1.82, 2.24) is 20.4 Å². The molecule has 2 aromatic rings. The van der Waals surface area contributed by atoms with Crippen molar-refractivity contribution in [2.45, 2.75) is 19.5 Å². The van der Waals surface area contributed by atoms with Crippen LogP contribution in [0.15, 0.2) is 21.3 Å². The Morgan fingerprint density at radius 1 is 1.58 bits per heavy atom. The smallest absolute Gasteiger partial charge is 0.241 e. The van der Waals surface area contributed by atoms with Gasteiger partial charge < -0.3 is 9.84 Å². The van der Waals surface area contributed by atoms with E-state index in [2.05, 4.69) is 27.3 Å². The average Bonchev–Trinajstić information content (AvgIpc) is 2.98. The highest BCUT2D eigenvalue weighted by Gasteiger charge is 2.18. The molecule has 1 saturated heterocycles. The second-order valence-electron chi connectivity index (χ2n) is 4.61. The molecule has 104 valence electrons. The monoisotopic (exact) mass is 300 g/mol. The van der Waals surface area contributed by atoms with Gasteiger partial charge in [-0.05, 0) is 18.4 Å².